The van der Waals surface area contributed by atoms with Gasteiger partial charge >= 0.3 is 0 Å². The molecule has 0 bridgehead atoms. The Hall–Kier alpha value is -2.29. The van der Waals surface area contributed by atoms with Gasteiger partial charge in [-0.2, -0.15) is 0 Å². The molecule has 0 saturated heterocycles. The maximum absolute atomic E-state index is 9.53. The van der Waals surface area contributed by atoms with Crippen LogP contribution in [-0.2, 0) is 19.9 Å². The quantitative estimate of drug-likeness (QED) is 0.778. The summed E-state index contributed by atoms with van der Waals surface area (Å²) in [6.07, 6.45) is 1.87. The number of rotatable bonds is 3. The van der Waals surface area contributed by atoms with Crippen LogP contribution < -0.4 is 0 Å². The number of nitrogens with zero attached hydrogens (tertiary/aromatic N) is 2. The third-order valence-electron chi connectivity index (χ3n) is 3.44. The lowest BCUT2D eigenvalue weighted by Gasteiger charge is -2.03. The first-order valence-electron chi connectivity index (χ1n) is 6.42. The van der Waals surface area contributed by atoms with Crippen LogP contribution in [0.3, 0.4) is 0 Å². The zero-order valence-corrected chi connectivity index (χ0v) is 10.9. The lowest BCUT2D eigenvalue weighted by molar-refractivity contribution is 0.476. The Kier molecular flexibility index (Phi) is 2.95. The van der Waals surface area contributed by atoms with Gasteiger partial charge in [-0.25, -0.2) is 4.98 Å². The molecule has 3 nitrogen and oxygen atoms in total. The number of hydrogen-bond acceptors (Lipinski definition) is 2. The molecule has 0 aliphatic rings. The highest BCUT2D eigenvalue weighted by molar-refractivity contribution is 5.77. The summed E-state index contributed by atoms with van der Waals surface area (Å²) < 4.78 is 2.05. The summed E-state index contributed by atoms with van der Waals surface area (Å²) in [7, 11) is 2.00. The van der Waals surface area contributed by atoms with Gasteiger partial charge in [0.1, 0.15) is 11.6 Å². The molecule has 0 spiro atoms. The highest BCUT2D eigenvalue weighted by Crippen LogP contribution is 2.20. The van der Waals surface area contributed by atoms with E-state index in [0.717, 1.165) is 29.7 Å². The summed E-state index contributed by atoms with van der Waals surface area (Å²) in [6, 6.07) is 15.7. The van der Waals surface area contributed by atoms with E-state index in [9.17, 15) is 5.11 Å². The first-order valence-corrected chi connectivity index (χ1v) is 6.42. The van der Waals surface area contributed by atoms with E-state index in [0.29, 0.717) is 0 Å². The number of aromatic hydroxyl groups is 1. The molecule has 0 atom stereocenters. The first kappa shape index (κ1) is 11.8. The van der Waals surface area contributed by atoms with E-state index < -0.39 is 0 Å². The van der Waals surface area contributed by atoms with Crippen molar-refractivity contribution in [2.75, 3.05) is 0 Å². The van der Waals surface area contributed by atoms with Gasteiger partial charge in [0.15, 0.2) is 0 Å². The van der Waals surface area contributed by atoms with Gasteiger partial charge in [-0.15, -0.1) is 0 Å². The van der Waals surface area contributed by atoms with E-state index >= 15 is 0 Å². The van der Waals surface area contributed by atoms with Crippen LogP contribution in [0.1, 0.15) is 11.4 Å². The molecule has 3 heteroatoms. The summed E-state index contributed by atoms with van der Waals surface area (Å²) in [5.41, 5.74) is 3.23. The molecule has 0 saturated carbocycles. The third-order valence-corrected chi connectivity index (χ3v) is 3.44. The van der Waals surface area contributed by atoms with E-state index in [2.05, 4.69) is 33.8 Å². The Morgan fingerprint density at radius 3 is 2.63 bits per heavy atom. The van der Waals surface area contributed by atoms with Crippen LogP contribution in [0.5, 0.6) is 5.75 Å². The average Bonchev–Trinajstić information content (AvgIpc) is 2.74. The van der Waals surface area contributed by atoms with E-state index in [1.165, 1.54) is 5.56 Å². The molecule has 2 aromatic carbocycles. The van der Waals surface area contributed by atoms with Gasteiger partial charge in [-0.05, 0) is 24.1 Å². The molecule has 1 aromatic heterocycles. The minimum absolute atomic E-state index is 0.283. The van der Waals surface area contributed by atoms with Gasteiger partial charge < -0.3 is 9.67 Å². The van der Waals surface area contributed by atoms with Gasteiger partial charge in [0.25, 0.3) is 0 Å². The molecule has 0 unspecified atom stereocenters. The maximum atomic E-state index is 9.53. The second-order valence-electron chi connectivity index (χ2n) is 4.75. The van der Waals surface area contributed by atoms with Crippen molar-refractivity contribution in [1.29, 1.82) is 0 Å². The molecule has 3 rings (SSSR count). The normalized spacial score (nSPS) is 11.0. The summed E-state index contributed by atoms with van der Waals surface area (Å²) >= 11 is 0. The molecule has 3 aromatic rings. The Bertz CT molecular complexity index is 701. The fourth-order valence-corrected chi connectivity index (χ4v) is 2.35. The number of aryl methyl sites for hydroxylation is 3. The van der Waals surface area contributed by atoms with Crippen molar-refractivity contribution in [2.24, 2.45) is 7.05 Å². The van der Waals surface area contributed by atoms with Crippen molar-refractivity contribution in [2.45, 2.75) is 12.8 Å². The fraction of sp³-hybridized carbons (Fsp3) is 0.188. The van der Waals surface area contributed by atoms with Crippen LogP contribution in [0.25, 0.3) is 11.0 Å². The standard InChI is InChI=1S/C16H16N2O/c1-18-15-11-13(19)8-9-14(15)17-16(18)10-7-12-5-3-2-4-6-12/h2-6,8-9,11,19H,7,10H2,1H3. The summed E-state index contributed by atoms with van der Waals surface area (Å²) in [4.78, 5) is 4.62. The lowest BCUT2D eigenvalue weighted by Crippen LogP contribution is -2.00. The lowest BCUT2D eigenvalue weighted by atomic mass is 10.1. The van der Waals surface area contributed by atoms with E-state index in [4.69, 9.17) is 0 Å². The molecule has 96 valence electrons. The second-order valence-corrected chi connectivity index (χ2v) is 4.75. The zero-order valence-electron chi connectivity index (χ0n) is 10.9. The van der Waals surface area contributed by atoms with Crippen LogP contribution in [0.4, 0.5) is 0 Å². The summed E-state index contributed by atoms with van der Waals surface area (Å²) in [5, 5.41) is 9.53. The predicted molar refractivity (Wildman–Crippen MR) is 76.2 cm³/mol. The van der Waals surface area contributed by atoms with Gasteiger partial charge in [0, 0.05) is 19.5 Å². The highest BCUT2D eigenvalue weighted by Gasteiger charge is 2.08. The smallest absolute Gasteiger partial charge is 0.117 e. The SMILES string of the molecule is Cn1c(CCc2ccccc2)nc2ccc(O)cc21. The summed E-state index contributed by atoms with van der Waals surface area (Å²) in [6.45, 7) is 0. The van der Waals surface area contributed by atoms with Crippen LogP contribution >= 0.6 is 0 Å². The second kappa shape index (κ2) is 4.76. The number of phenolic OH excluding ortho intramolecular Hbond substituents is 1. The van der Waals surface area contributed by atoms with Gasteiger partial charge in [-0.1, -0.05) is 30.3 Å². The molecule has 0 aliphatic carbocycles. The number of hydrogen-bond donors (Lipinski definition) is 1. The molecular weight excluding hydrogens is 236 g/mol. The molecule has 0 amide bonds. The number of phenols is 1. The van der Waals surface area contributed by atoms with E-state index in [1.54, 1.807) is 12.1 Å². The number of aromatic nitrogens is 2. The molecule has 0 aliphatic heterocycles. The maximum Gasteiger partial charge on any atom is 0.117 e. The van der Waals surface area contributed by atoms with E-state index in [-0.39, 0.29) is 5.75 Å². The highest BCUT2D eigenvalue weighted by atomic mass is 16.3. The van der Waals surface area contributed by atoms with Crippen molar-refractivity contribution in [3.05, 3.63) is 59.9 Å². The minimum Gasteiger partial charge on any atom is -0.508 e. The molecule has 1 heterocycles. The van der Waals surface area contributed by atoms with E-state index in [1.807, 2.05) is 19.2 Å². The van der Waals surface area contributed by atoms with Crippen LogP contribution in [-0.4, -0.2) is 14.7 Å². The molecule has 0 fully saturated rings. The number of imidazole rings is 1. The third kappa shape index (κ3) is 2.32. The Balaban J connectivity index is 1.87. The van der Waals surface area contributed by atoms with Crippen molar-refractivity contribution >= 4 is 11.0 Å². The Morgan fingerprint density at radius 1 is 1.05 bits per heavy atom. The monoisotopic (exact) mass is 252 g/mol. The predicted octanol–water partition coefficient (Wildman–Crippen LogP) is 3.06. The fourth-order valence-electron chi connectivity index (χ4n) is 2.35. The van der Waals surface area contributed by atoms with Crippen molar-refractivity contribution in [3.63, 3.8) is 0 Å². The topological polar surface area (TPSA) is 38.0 Å². The Labute approximate surface area is 112 Å². The largest absolute Gasteiger partial charge is 0.508 e. The van der Waals surface area contributed by atoms with Crippen molar-refractivity contribution in [1.82, 2.24) is 9.55 Å². The van der Waals surface area contributed by atoms with Crippen LogP contribution in [0.15, 0.2) is 48.5 Å². The number of fused-ring (bicyclic) bond motifs is 1. The average molecular weight is 252 g/mol. The van der Waals surface area contributed by atoms with Gasteiger partial charge in [0.2, 0.25) is 0 Å². The first-order chi connectivity index (χ1) is 9.24. The van der Waals surface area contributed by atoms with Crippen LogP contribution in [0.2, 0.25) is 0 Å². The van der Waals surface area contributed by atoms with Crippen molar-refractivity contribution < 1.29 is 5.11 Å². The summed E-state index contributed by atoms with van der Waals surface area (Å²) in [5.74, 6) is 1.33. The molecular formula is C16H16N2O. The molecule has 19 heavy (non-hydrogen) atoms. The van der Waals surface area contributed by atoms with Crippen molar-refractivity contribution in [3.8, 4) is 5.75 Å². The molecule has 1 N–H and O–H groups in total. The van der Waals surface area contributed by atoms with Crippen LogP contribution in [0, 0.1) is 0 Å². The Morgan fingerprint density at radius 2 is 1.84 bits per heavy atom. The van der Waals surface area contributed by atoms with Gasteiger partial charge in [-0.3, -0.25) is 0 Å². The zero-order chi connectivity index (χ0) is 13.2. The minimum atomic E-state index is 0.283. The van der Waals surface area contributed by atoms with Gasteiger partial charge in [0.05, 0.1) is 11.0 Å². The molecule has 0 radical (unpaired) electrons. The number of benzene rings is 2.